The van der Waals surface area contributed by atoms with E-state index in [1.54, 1.807) is 0 Å². The third kappa shape index (κ3) is 3.05. The first kappa shape index (κ1) is 18.5. The molecule has 3 heterocycles. The lowest BCUT2D eigenvalue weighted by molar-refractivity contribution is 0.0834. The predicted molar refractivity (Wildman–Crippen MR) is 107 cm³/mol. The van der Waals surface area contributed by atoms with Crippen LogP contribution in [0.25, 0.3) is 0 Å². The second-order valence-electron chi connectivity index (χ2n) is 7.17. The fraction of sp³-hybridized carbons (Fsp3) is 0.444. The van der Waals surface area contributed by atoms with Crippen molar-refractivity contribution in [2.45, 2.75) is 51.1 Å². The number of carbonyl (C=O) groups excluding carboxylic acids is 1. The van der Waals surface area contributed by atoms with E-state index in [4.69, 9.17) is 17.3 Å². The van der Waals surface area contributed by atoms with E-state index in [1.165, 1.54) is 17.1 Å². The number of anilines is 3. The van der Waals surface area contributed by atoms with Crippen molar-refractivity contribution in [2.24, 2.45) is 0 Å². The minimum atomic E-state index is -0.623. The molecule has 4 rings (SSSR count). The Morgan fingerprint density at radius 3 is 2.75 bits per heavy atom. The lowest BCUT2D eigenvalue weighted by Crippen LogP contribution is -2.64. The average Bonchev–Trinajstić information content (AvgIpc) is 2.66. The van der Waals surface area contributed by atoms with Gasteiger partial charge in [-0.2, -0.15) is 0 Å². The van der Waals surface area contributed by atoms with E-state index in [9.17, 15) is 9.59 Å². The fourth-order valence-corrected chi connectivity index (χ4v) is 4.19. The van der Waals surface area contributed by atoms with Crippen molar-refractivity contribution >= 4 is 34.8 Å². The first-order valence-electron chi connectivity index (χ1n) is 9.37. The van der Waals surface area contributed by atoms with Crippen LogP contribution in [0.1, 0.15) is 55.1 Å². The summed E-state index contributed by atoms with van der Waals surface area (Å²) in [5.74, 6) is 0.439. The van der Waals surface area contributed by atoms with Crippen LogP contribution in [0, 0.1) is 0 Å². The highest BCUT2D eigenvalue weighted by Crippen LogP contribution is 2.31. The van der Waals surface area contributed by atoms with Gasteiger partial charge >= 0.3 is 0 Å². The molecule has 0 radical (unpaired) electrons. The molecule has 1 spiro atoms. The summed E-state index contributed by atoms with van der Waals surface area (Å²) in [6, 6.07) is 1.44. The quantitative estimate of drug-likeness (QED) is 0.618. The third-order valence-corrected chi connectivity index (χ3v) is 5.63. The number of aromatic nitrogens is 3. The van der Waals surface area contributed by atoms with Crippen molar-refractivity contribution in [1.82, 2.24) is 20.0 Å². The van der Waals surface area contributed by atoms with E-state index in [0.717, 1.165) is 32.1 Å². The van der Waals surface area contributed by atoms with Gasteiger partial charge in [-0.3, -0.25) is 15.0 Å². The molecule has 2 aromatic heterocycles. The van der Waals surface area contributed by atoms with Gasteiger partial charge in [-0.25, -0.2) is 14.6 Å². The summed E-state index contributed by atoms with van der Waals surface area (Å²) in [6.07, 6.45) is 6.49. The number of nitrogens with two attached hydrogens (primary N) is 1. The molecule has 0 aromatic carbocycles. The van der Waals surface area contributed by atoms with Crippen LogP contribution in [0.15, 0.2) is 17.2 Å². The molecule has 0 bridgehead atoms. The van der Waals surface area contributed by atoms with Crippen LogP contribution in [0.3, 0.4) is 0 Å². The van der Waals surface area contributed by atoms with Crippen LogP contribution in [-0.4, -0.2) is 26.2 Å². The van der Waals surface area contributed by atoms with Crippen molar-refractivity contribution in [3.8, 4) is 0 Å². The van der Waals surface area contributed by atoms with Crippen LogP contribution in [0.4, 0.5) is 17.3 Å². The maximum atomic E-state index is 13.2. The molecule has 0 atom stereocenters. The summed E-state index contributed by atoms with van der Waals surface area (Å²) < 4.78 is 1.25. The van der Waals surface area contributed by atoms with E-state index < -0.39 is 11.2 Å². The molecule has 28 heavy (non-hydrogen) atoms. The summed E-state index contributed by atoms with van der Waals surface area (Å²) in [5, 5.41) is 6.17. The maximum absolute atomic E-state index is 13.2. The lowest BCUT2D eigenvalue weighted by Gasteiger charge is -2.43. The SMILES string of the molecule is CCc1c(N)ncnc1Nc1cc(Cl)c2n(c1=O)NC1(CCCCC1)NC2=O. The van der Waals surface area contributed by atoms with E-state index in [-0.39, 0.29) is 22.3 Å². The van der Waals surface area contributed by atoms with Gasteiger partial charge in [-0.15, -0.1) is 0 Å². The Bertz CT molecular complexity index is 998. The van der Waals surface area contributed by atoms with Gasteiger partial charge in [0, 0.05) is 5.56 Å². The van der Waals surface area contributed by atoms with E-state index in [0.29, 0.717) is 23.6 Å². The van der Waals surface area contributed by atoms with Gasteiger partial charge in [0.25, 0.3) is 11.5 Å². The van der Waals surface area contributed by atoms with Gasteiger partial charge in [0.05, 0.1) is 5.02 Å². The number of nitrogens with zero attached hydrogens (tertiary/aromatic N) is 3. The minimum Gasteiger partial charge on any atom is -0.383 e. The molecule has 5 N–H and O–H groups in total. The number of nitrogen functional groups attached to an aromatic ring is 1. The van der Waals surface area contributed by atoms with Crippen molar-refractivity contribution in [2.75, 3.05) is 16.5 Å². The Kier molecular flexibility index (Phi) is 4.62. The molecule has 1 saturated carbocycles. The zero-order valence-corrected chi connectivity index (χ0v) is 16.3. The molecule has 1 aliphatic carbocycles. The normalized spacial score (nSPS) is 17.6. The molecule has 0 unspecified atom stereocenters. The number of amides is 1. The number of carbonyl (C=O) groups is 1. The van der Waals surface area contributed by atoms with Gasteiger partial charge in [-0.05, 0) is 38.2 Å². The highest BCUT2D eigenvalue weighted by molar-refractivity contribution is 6.34. The Morgan fingerprint density at radius 1 is 1.29 bits per heavy atom. The molecule has 1 aliphatic heterocycles. The monoisotopic (exact) mass is 403 g/mol. The fourth-order valence-electron chi connectivity index (χ4n) is 3.91. The summed E-state index contributed by atoms with van der Waals surface area (Å²) in [7, 11) is 0. The second-order valence-corrected chi connectivity index (χ2v) is 7.58. The molecule has 9 nitrogen and oxygen atoms in total. The minimum absolute atomic E-state index is 0.103. The predicted octanol–water partition coefficient (Wildman–Crippen LogP) is 2.13. The Balaban J connectivity index is 1.78. The number of hydrogen-bond donors (Lipinski definition) is 4. The van der Waals surface area contributed by atoms with Gasteiger partial charge in [0.1, 0.15) is 35.0 Å². The summed E-state index contributed by atoms with van der Waals surface area (Å²) in [4.78, 5) is 34.0. The lowest BCUT2D eigenvalue weighted by atomic mass is 9.88. The van der Waals surface area contributed by atoms with Gasteiger partial charge in [0.15, 0.2) is 0 Å². The molecule has 148 valence electrons. The topological polar surface area (TPSA) is 127 Å². The second kappa shape index (κ2) is 6.97. The number of fused-ring (bicyclic) bond motifs is 1. The van der Waals surface area contributed by atoms with Crippen molar-refractivity contribution in [3.05, 3.63) is 39.0 Å². The van der Waals surface area contributed by atoms with Crippen molar-refractivity contribution < 1.29 is 4.79 Å². The van der Waals surface area contributed by atoms with Crippen LogP contribution < -0.4 is 27.4 Å². The Morgan fingerprint density at radius 2 is 2.04 bits per heavy atom. The van der Waals surface area contributed by atoms with Crippen LogP contribution in [-0.2, 0) is 6.42 Å². The molecule has 2 aromatic rings. The van der Waals surface area contributed by atoms with E-state index >= 15 is 0 Å². The number of nitrogens with one attached hydrogen (secondary N) is 3. The van der Waals surface area contributed by atoms with Gasteiger partial charge in [0.2, 0.25) is 0 Å². The highest BCUT2D eigenvalue weighted by Gasteiger charge is 2.40. The Hall–Kier alpha value is -2.81. The first-order valence-corrected chi connectivity index (χ1v) is 9.74. The molecule has 1 amide bonds. The number of halogens is 1. The summed E-state index contributed by atoms with van der Waals surface area (Å²) in [6.45, 7) is 1.92. The summed E-state index contributed by atoms with van der Waals surface area (Å²) >= 11 is 6.35. The number of pyridine rings is 1. The highest BCUT2D eigenvalue weighted by atomic mass is 35.5. The molecule has 0 saturated heterocycles. The Labute approximate surface area is 166 Å². The van der Waals surface area contributed by atoms with E-state index in [2.05, 4.69) is 26.0 Å². The zero-order chi connectivity index (χ0) is 19.9. The van der Waals surface area contributed by atoms with E-state index in [1.807, 2.05) is 6.92 Å². The van der Waals surface area contributed by atoms with Crippen LogP contribution in [0.2, 0.25) is 5.02 Å². The number of hydrogen-bond acceptors (Lipinski definition) is 7. The molecular formula is C18H22ClN7O2. The van der Waals surface area contributed by atoms with Gasteiger partial charge in [-0.1, -0.05) is 24.9 Å². The van der Waals surface area contributed by atoms with Gasteiger partial charge < -0.3 is 16.4 Å². The van der Waals surface area contributed by atoms with Crippen molar-refractivity contribution in [3.63, 3.8) is 0 Å². The smallest absolute Gasteiger partial charge is 0.293 e. The maximum Gasteiger partial charge on any atom is 0.293 e. The zero-order valence-electron chi connectivity index (χ0n) is 15.5. The third-order valence-electron chi connectivity index (χ3n) is 5.34. The number of rotatable bonds is 3. The molecule has 2 aliphatic rings. The molecule has 1 fully saturated rings. The van der Waals surface area contributed by atoms with Crippen molar-refractivity contribution in [1.29, 1.82) is 0 Å². The van der Waals surface area contributed by atoms with Crippen LogP contribution in [0.5, 0.6) is 0 Å². The summed E-state index contributed by atoms with van der Waals surface area (Å²) in [5.41, 5.74) is 9.10. The average molecular weight is 404 g/mol. The molecule has 10 heteroatoms. The standard InChI is InChI=1S/C18H22ClN7O2/c1-2-10-14(20)21-9-22-15(10)23-12-8-11(19)13-16(27)24-18(6-4-3-5-7-18)25-26(13)17(12)28/h8-9,25H,2-7H2,1H3,(H,24,27)(H3,20,21,22,23). The molecular weight excluding hydrogens is 382 g/mol. The first-order chi connectivity index (χ1) is 13.4. The van der Waals surface area contributed by atoms with Crippen LogP contribution >= 0.6 is 11.6 Å². The largest absolute Gasteiger partial charge is 0.383 e.